The van der Waals surface area contributed by atoms with Crippen LogP contribution in [0.4, 0.5) is 26.3 Å². The normalized spacial score (nSPS) is 16.3. The van der Waals surface area contributed by atoms with E-state index in [1.54, 1.807) is 29.7 Å². The minimum Gasteiger partial charge on any atom is -0.489 e. The number of carbonyl (C=O) groups excluding carboxylic acids is 2. The van der Waals surface area contributed by atoms with Crippen molar-refractivity contribution >= 4 is 34.7 Å². The van der Waals surface area contributed by atoms with Gasteiger partial charge in [-0.15, -0.1) is 6.42 Å². The number of terminal acetylenes is 1. The van der Waals surface area contributed by atoms with E-state index in [9.17, 15) is 41.1 Å². The maximum atomic E-state index is 13.1. The molecule has 51 heavy (non-hydrogen) atoms. The summed E-state index contributed by atoms with van der Waals surface area (Å²) in [4.78, 5) is 49.7. The number of carboxylic acids is 2. The molecule has 0 spiro atoms. The number of nitrogens with zero attached hydrogens (tertiary/aromatic N) is 2. The van der Waals surface area contributed by atoms with Crippen LogP contribution in [0.25, 0.3) is 10.9 Å². The van der Waals surface area contributed by atoms with E-state index in [-0.39, 0.29) is 5.91 Å². The zero-order chi connectivity index (χ0) is 38.7. The van der Waals surface area contributed by atoms with Crippen LogP contribution in [0.1, 0.15) is 41.9 Å². The fourth-order valence-corrected chi connectivity index (χ4v) is 4.72. The van der Waals surface area contributed by atoms with Crippen molar-refractivity contribution in [2.45, 2.75) is 57.7 Å². The van der Waals surface area contributed by atoms with Crippen molar-refractivity contribution in [1.29, 1.82) is 0 Å². The second kappa shape index (κ2) is 17.5. The van der Waals surface area contributed by atoms with Crippen molar-refractivity contribution in [1.82, 2.24) is 20.7 Å². The van der Waals surface area contributed by atoms with Gasteiger partial charge in [-0.2, -0.15) is 26.3 Å². The average Bonchev–Trinajstić information content (AvgIpc) is 3.06. The van der Waals surface area contributed by atoms with E-state index in [1.165, 1.54) is 0 Å². The summed E-state index contributed by atoms with van der Waals surface area (Å²) >= 11 is 0. The van der Waals surface area contributed by atoms with E-state index in [2.05, 4.69) is 21.1 Å². The number of carbonyl (C=O) groups is 4. The molecular formula is C33H34F6N4O8. The number of aromatic nitrogens is 1. The number of ether oxygens (including phenoxy) is 1. The van der Waals surface area contributed by atoms with E-state index < -0.39 is 47.7 Å². The van der Waals surface area contributed by atoms with Crippen LogP contribution in [-0.2, 0) is 21.0 Å². The largest absolute Gasteiger partial charge is 0.490 e. The van der Waals surface area contributed by atoms with E-state index in [0.29, 0.717) is 37.4 Å². The Hall–Kier alpha value is -5.41. The summed E-state index contributed by atoms with van der Waals surface area (Å²) in [6.45, 7) is 7.15. The molecule has 2 atom stereocenters. The molecule has 5 N–H and O–H groups in total. The fourth-order valence-electron chi connectivity index (χ4n) is 4.72. The minimum atomic E-state index is -5.08. The third kappa shape index (κ3) is 12.5. The molecule has 3 aromatic rings. The highest BCUT2D eigenvalue weighted by atomic mass is 19.4. The van der Waals surface area contributed by atoms with E-state index in [1.807, 2.05) is 51.1 Å². The number of pyridine rings is 1. The van der Waals surface area contributed by atoms with Crippen molar-refractivity contribution in [2.75, 3.05) is 13.1 Å². The summed E-state index contributed by atoms with van der Waals surface area (Å²) in [6, 6.07) is 16.3. The predicted molar refractivity (Wildman–Crippen MR) is 168 cm³/mol. The summed E-state index contributed by atoms with van der Waals surface area (Å²) < 4.78 is 69.5. The molecule has 2 heterocycles. The SMILES string of the molecule is C#CC(C)(C)N1CC[C@H](C(=O)NO)[C@H](NC(=O)c2ccc(OCc3cc(C)nc4ccccc34)cc2)C1.O=C(O)C(F)(F)F.O=C(O)C(F)(F)F. The number of likely N-dealkylation sites (tertiary alicyclic amines) is 1. The first-order valence-corrected chi connectivity index (χ1v) is 14.8. The Kier molecular flexibility index (Phi) is 14.3. The van der Waals surface area contributed by atoms with Gasteiger partial charge in [-0.25, -0.2) is 15.1 Å². The molecule has 0 radical (unpaired) electrons. The number of alkyl halides is 6. The van der Waals surface area contributed by atoms with Gasteiger partial charge in [-0.3, -0.25) is 24.7 Å². The number of fused-ring (bicyclic) bond motifs is 1. The third-order valence-electron chi connectivity index (χ3n) is 7.45. The predicted octanol–water partition coefficient (Wildman–Crippen LogP) is 4.73. The number of halogens is 6. The van der Waals surface area contributed by atoms with Crippen LogP contribution < -0.4 is 15.5 Å². The zero-order valence-corrected chi connectivity index (χ0v) is 27.3. The minimum absolute atomic E-state index is 0.316. The molecule has 276 valence electrons. The van der Waals surface area contributed by atoms with E-state index in [0.717, 1.165) is 22.2 Å². The quantitative estimate of drug-likeness (QED) is 0.0990. The van der Waals surface area contributed by atoms with Gasteiger partial charge in [0.05, 0.1) is 23.0 Å². The number of carboxylic acid groups (broad SMARTS) is 2. The molecule has 2 aromatic carbocycles. The van der Waals surface area contributed by atoms with Gasteiger partial charge in [0.2, 0.25) is 5.91 Å². The number of rotatable bonds is 7. The molecule has 1 fully saturated rings. The second-order valence-electron chi connectivity index (χ2n) is 11.5. The Morgan fingerprint density at radius 1 is 0.980 bits per heavy atom. The Morgan fingerprint density at radius 3 is 2.04 bits per heavy atom. The molecule has 4 rings (SSSR count). The molecule has 1 aliphatic rings. The molecule has 18 heteroatoms. The van der Waals surface area contributed by atoms with Crippen LogP contribution in [0.15, 0.2) is 54.6 Å². The van der Waals surface area contributed by atoms with Gasteiger partial charge in [0, 0.05) is 35.3 Å². The van der Waals surface area contributed by atoms with Crippen LogP contribution in [-0.4, -0.2) is 86.1 Å². The van der Waals surface area contributed by atoms with Gasteiger partial charge in [-0.1, -0.05) is 24.1 Å². The number of piperidine rings is 1. The zero-order valence-electron chi connectivity index (χ0n) is 27.3. The number of para-hydroxylation sites is 1. The highest BCUT2D eigenvalue weighted by molar-refractivity contribution is 5.95. The average molecular weight is 729 g/mol. The molecule has 1 saturated heterocycles. The molecular weight excluding hydrogens is 694 g/mol. The molecule has 0 bridgehead atoms. The molecule has 1 aliphatic heterocycles. The van der Waals surface area contributed by atoms with Crippen LogP contribution in [0.3, 0.4) is 0 Å². The Morgan fingerprint density at radius 2 is 1.53 bits per heavy atom. The summed E-state index contributed by atoms with van der Waals surface area (Å²) in [7, 11) is 0. The van der Waals surface area contributed by atoms with Crippen molar-refractivity contribution in [3.05, 3.63) is 71.4 Å². The van der Waals surface area contributed by atoms with Gasteiger partial charge in [-0.05, 0) is 63.6 Å². The lowest BCUT2D eigenvalue weighted by molar-refractivity contribution is -0.193. The van der Waals surface area contributed by atoms with Gasteiger partial charge in [0.1, 0.15) is 12.4 Å². The number of hydroxylamine groups is 1. The first kappa shape index (κ1) is 41.8. The van der Waals surface area contributed by atoms with Gasteiger partial charge in [0.25, 0.3) is 5.91 Å². The number of hydrogen-bond acceptors (Lipinski definition) is 8. The van der Waals surface area contributed by atoms with Crippen molar-refractivity contribution in [3.63, 3.8) is 0 Å². The van der Waals surface area contributed by atoms with Crippen molar-refractivity contribution < 1.29 is 65.7 Å². The Labute approximate surface area is 287 Å². The van der Waals surface area contributed by atoms with E-state index >= 15 is 0 Å². The summed E-state index contributed by atoms with van der Waals surface area (Å²) in [5, 5.41) is 27.4. The number of aliphatic carboxylic acids is 2. The topological polar surface area (TPSA) is 178 Å². The van der Waals surface area contributed by atoms with Gasteiger partial charge >= 0.3 is 24.3 Å². The van der Waals surface area contributed by atoms with Crippen LogP contribution >= 0.6 is 0 Å². The van der Waals surface area contributed by atoms with Gasteiger partial charge < -0.3 is 20.3 Å². The van der Waals surface area contributed by atoms with Crippen LogP contribution in [0, 0.1) is 25.2 Å². The van der Waals surface area contributed by atoms with Crippen LogP contribution in [0.5, 0.6) is 5.75 Å². The van der Waals surface area contributed by atoms with E-state index in [4.69, 9.17) is 31.0 Å². The Balaban J connectivity index is 0.000000543. The standard InChI is InChI=1S/C29H32N4O4.2C2HF3O2/c1-5-29(3,4)33-15-14-24(28(35)32-36)26(17-33)31-27(34)20-10-12-22(13-11-20)37-18-21-16-19(2)30-25-9-7-6-8-23(21)25;2*3-2(4,5)1(6)7/h1,6-13,16,24,26,36H,14-15,17-18H2,2-4H3,(H,31,34)(H,32,35);2*(H,6,7)/t24-,26+;;/m0../s1. The molecule has 2 amide bonds. The highest BCUT2D eigenvalue weighted by Crippen LogP contribution is 2.26. The van der Waals surface area contributed by atoms with Crippen LogP contribution in [0.2, 0.25) is 0 Å². The number of aryl methyl sites for hydroxylation is 1. The lowest BCUT2D eigenvalue weighted by atomic mass is 9.87. The fraction of sp³-hybridized carbons (Fsp3) is 0.364. The summed E-state index contributed by atoms with van der Waals surface area (Å²) in [5.74, 6) is -3.53. The maximum absolute atomic E-state index is 13.1. The highest BCUT2D eigenvalue weighted by Gasteiger charge is 2.40. The smallest absolute Gasteiger partial charge is 0.489 e. The van der Waals surface area contributed by atoms with Gasteiger partial charge in [0.15, 0.2) is 0 Å². The first-order chi connectivity index (χ1) is 23.6. The lowest BCUT2D eigenvalue weighted by Gasteiger charge is -2.43. The second-order valence-corrected chi connectivity index (χ2v) is 11.5. The molecule has 12 nitrogen and oxygen atoms in total. The summed E-state index contributed by atoms with van der Waals surface area (Å²) in [5.41, 5.74) is 4.52. The molecule has 0 saturated carbocycles. The summed E-state index contributed by atoms with van der Waals surface area (Å²) in [6.07, 6.45) is -4.02. The lowest BCUT2D eigenvalue weighted by Crippen LogP contribution is -2.60. The Bertz CT molecular complexity index is 1720. The molecule has 0 aliphatic carbocycles. The maximum Gasteiger partial charge on any atom is 0.490 e. The number of nitrogens with one attached hydrogen (secondary N) is 2. The first-order valence-electron chi connectivity index (χ1n) is 14.8. The molecule has 0 unspecified atom stereocenters. The number of benzene rings is 2. The monoisotopic (exact) mass is 728 g/mol. The third-order valence-corrected chi connectivity index (χ3v) is 7.45. The van der Waals surface area contributed by atoms with Crippen molar-refractivity contribution in [3.8, 4) is 18.1 Å². The molecule has 1 aromatic heterocycles. The number of hydrogen-bond donors (Lipinski definition) is 5. The number of amides is 2. The van der Waals surface area contributed by atoms with Crippen molar-refractivity contribution in [2.24, 2.45) is 5.92 Å².